The summed E-state index contributed by atoms with van der Waals surface area (Å²) >= 11 is 12.7. The number of imidazole rings is 1. The van der Waals surface area contributed by atoms with E-state index in [1.54, 1.807) is 0 Å². The van der Waals surface area contributed by atoms with Gasteiger partial charge >= 0.3 is 0 Å². The van der Waals surface area contributed by atoms with Crippen LogP contribution in [0, 0.1) is 0 Å². The number of halogens is 2. The first-order valence-corrected chi connectivity index (χ1v) is 11.2. The average molecular weight is 452 g/mol. The van der Waals surface area contributed by atoms with Crippen molar-refractivity contribution < 1.29 is 5.11 Å². The van der Waals surface area contributed by atoms with E-state index in [9.17, 15) is 5.11 Å². The quantitative estimate of drug-likeness (QED) is 0.434. The largest absolute Gasteiger partial charge is 0.392 e. The van der Waals surface area contributed by atoms with Crippen LogP contribution in [-0.2, 0) is 33.0 Å². The number of aliphatic hydroxyl groups is 1. The zero-order chi connectivity index (χ0) is 21.5. The van der Waals surface area contributed by atoms with Crippen LogP contribution in [0.4, 0.5) is 5.69 Å². The molecule has 4 nitrogen and oxygen atoms in total. The van der Waals surface area contributed by atoms with E-state index < -0.39 is 0 Å². The molecule has 0 spiro atoms. The maximum atomic E-state index is 9.34. The maximum absolute atomic E-state index is 9.34. The topological polar surface area (TPSA) is 42.5 Å². The minimum absolute atomic E-state index is 0.0364. The van der Waals surface area contributed by atoms with Gasteiger partial charge < -0.3 is 14.2 Å². The lowest BCUT2D eigenvalue weighted by Crippen LogP contribution is -2.24. The predicted octanol–water partition coefficient (Wildman–Crippen LogP) is 5.55. The molecule has 6 heteroatoms. The lowest BCUT2D eigenvalue weighted by molar-refractivity contribution is 0.282. The number of hydrogen-bond donors (Lipinski definition) is 1. The van der Waals surface area contributed by atoms with Gasteiger partial charge in [-0.05, 0) is 65.8 Å². The Morgan fingerprint density at radius 3 is 2.29 bits per heavy atom. The van der Waals surface area contributed by atoms with Gasteiger partial charge in [0, 0.05) is 7.05 Å². The Morgan fingerprint density at radius 2 is 1.55 bits per heavy atom. The third-order valence-electron chi connectivity index (χ3n) is 6.07. The summed E-state index contributed by atoms with van der Waals surface area (Å²) in [7, 11) is 2.00. The van der Waals surface area contributed by atoms with Crippen molar-refractivity contribution >= 4 is 39.9 Å². The summed E-state index contributed by atoms with van der Waals surface area (Å²) in [6.07, 6.45) is 3.49. The van der Waals surface area contributed by atoms with Crippen LogP contribution in [-0.4, -0.2) is 14.2 Å². The normalized spacial score (nSPS) is 13.9. The zero-order valence-electron chi connectivity index (χ0n) is 17.3. The lowest BCUT2D eigenvalue weighted by Gasteiger charge is -2.08. The van der Waals surface area contributed by atoms with Gasteiger partial charge in [0.15, 0.2) is 0 Å². The van der Waals surface area contributed by atoms with Crippen molar-refractivity contribution in [2.24, 2.45) is 12.0 Å². The Labute approximate surface area is 191 Å². The van der Waals surface area contributed by atoms with E-state index >= 15 is 0 Å². The molecule has 0 bridgehead atoms. The first-order chi connectivity index (χ1) is 15.0. The fourth-order valence-electron chi connectivity index (χ4n) is 4.37. The highest BCUT2D eigenvalue weighted by molar-refractivity contribution is 6.42. The Morgan fingerprint density at radius 1 is 0.871 bits per heavy atom. The second kappa shape index (κ2) is 8.19. The number of aryl methyl sites for hydroxylation is 3. The van der Waals surface area contributed by atoms with Crippen LogP contribution in [0.1, 0.15) is 28.7 Å². The third-order valence-corrected chi connectivity index (χ3v) is 6.79. The highest BCUT2D eigenvalue weighted by atomic mass is 35.5. The van der Waals surface area contributed by atoms with E-state index in [0.29, 0.717) is 16.6 Å². The molecule has 1 N–H and O–H groups in total. The first kappa shape index (κ1) is 20.4. The number of hydrogen-bond acceptors (Lipinski definition) is 2. The van der Waals surface area contributed by atoms with Gasteiger partial charge in [0.05, 0.1) is 39.9 Å². The molecule has 0 aliphatic heterocycles. The van der Waals surface area contributed by atoms with Crippen molar-refractivity contribution in [3.05, 3.63) is 92.5 Å². The van der Waals surface area contributed by atoms with Crippen molar-refractivity contribution in [2.45, 2.75) is 32.4 Å². The van der Waals surface area contributed by atoms with Gasteiger partial charge in [0.1, 0.15) is 0 Å². The highest BCUT2D eigenvalue weighted by Gasteiger charge is 2.14. The van der Waals surface area contributed by atoms with Crippen molar-refractivity contribution in [2.75, 3.05) is 0 Å². The molecule has 158 valence electrons. The van der Waals surface area contributed by atoms with Crippen molar-refractivity contribution in [1.82, 2.24) is 9.13 Å². The molecule has 0 fully saturated rings. The molecule has 3 aromatic carbocycles. The smallest absolute Gasteiger partial charge is 0.211 e. The number of nitrogens with zero attached hydrogens (tertiary/aromatic N) is 3. The Balaban J connectivity index is 1.70. The van der Waals surface area contributed by atoms with E-state index in [1.807, 2.05) is 43.4 Å². The summed E-state index contributed by atoms with van der Waals surface area (Å²) in [5.41, 5.74) is 8.58. The van der Waals surface area contributed by atoms with Crippen molar-refractivity contribution in [3.8, 4) is 0 Å². The fourth-order valence-corrected chi connectivity index (χ4v) is 4.69. The molecule has 0 atom stereocenters. The van der Waals surface area contributed by atoms with Crippen LogP contribution >= 0.6 is 23.2 Å². The van der Waals surface area contributed by atoms with E-state index in [4.69, 9.17) is 28.2 Å². The fraction of sp³-hybridized carbons (Fsp3) is 0.240. The predicted molar refractivity (Wildman–Crippen MR) is 126 cm³/mol. The van der Waals surface area contributed by atoms with Gasteiger partial charge in [-0.15, -0.1) is 0 Å². The van der Waals surface area contributed by atoms with Crippen LogP contribution in [0.25, 0.3) is 11.0 Å². The lowest BCUT2D eigenvalue weighted by atomic mass is 10.1. The number of aliphatic hydroxyl groups excluding tert-OH is 1. The van der Waals surface area contributed by atoms with E-state index in [2.05, 4.69) is 27.3 Å². The van der Waals surface area contributed by atoms with Gasteiger partial charge in [0.2, 0.25) is 5.62 Å². The summed E-state index contributed by atoms with van der Waals surface area (Å²) < 4.78 is 4.23. The second-order valence-electron chi connectivity index (χ2n) is 8.09. The van der Waals surface area contributed by atoms with Crippen LogP contribution < -0.4 is 5.62 Å². The van der Waals surface area contributed by atoms with Crippen LogP contribution in [0.15, 0.2) is 59.6 Å². The Bertz CT molecular complexity index is 1350. The summed E-state index contributed by atoms with van der Waals surface area (Å²) in [6.45, 7) is 0.666. The minimum atomic E-state index is 0.0364. The first-order valence-electron chi connectivity index (χ1n) is 10.4. The van der Waals surface area contributed by atoms with Gasteiger partial charge in [-0.3, -0.25) is 0 Å². The zero-order valence-corrected chi connectivity index (χ0v) is 18.8. The van der Waals surface area contributed by atoms with E-state index in [-0.39, 0.29) is 6.61 Å². The Hall–Kier alpha value is -2.53. The molecule has 0 amide bonds. The number of benzene rings is 3. The Kier molecular flexibility index (Phi) is 5.39. The van der Waals surface area contributed by atoms with Crippen LogP contribution in [0.5, 0.6) is 0 Å². The molecule has 1 aliphatic carbocycles. The highest BCUT2D eigenvalue weighted by Crippen LogP contribution is 2.29. The number of aromatic nitrogens is 2. The summed E-state index contributed by atoms with van der Waals surface area (Å²) in [4.78, 5) is 5.04. The standard InChI is InChI=1S/C25H23Cl2N3O/c1-29-23-12-21(26)22(27)13-24(23)30(14-16-5-7-17(15-31)8-6-16)25(29)28-20-10-9-18-3-2-4-19(18)11-20/h5-13,31H,2-4,14-15H2,1H3. The maximum Gasteiger partial charge on any atom is 0.211 e. The van der Waals surface area contributed by atoms with Gasteiger partial charge in [-0.25, -0.2) is 4.99 Å². The third kappa shape index (κ3) is 3.80. The molecule has 5 rings (SSSR count). The molecular formula is C25H23Cl2N3O. The molecule has 1 heterocycles. The minimum Gasteiger partial charge on any atom is -0.392 e. The summed E-state index contributed by atoms with van der Waals surface area (Å²) in [5, 5.41) is 10.4. The van der Waals surface area contributed by atoms with E-state index in [0.717, 1.165) is 46.3 Å². The van der Waals surface area contributed by atoms with Crippen molar-refractivity contribution in [3.63, 3.8) is 0 Å². The number of rotatable bonds is 4. The van der Waals surface area contributed by atoms with Gasteiger partial charge in [0.25, 0.3) is 0 Å². The number of fused-ring (bicyclic) bond motifs is 2. The molecular weight excluding hydrogens is 429 g/mol. The van der Waals surface area contributed by atoms with Gasteiger partial charge in [-0.2, -0.15) is 0 Å². The second-order valence-corrected chi connectivity index (χ2v) is 8.91. The molecule has 1 aliphatic rings. The molecule has 31 heavy (non-hydrogen) atoms. The monoisotopic (exact) mass is 451 g/mol. The van der Waals surface area contributed by atoms with E-state index in [1.165, 1.54) is 17.5 Å². The molecule has 4 aromatic rings. The summed E-state index contributed by atoms with van der Waals surface area (Å²) in [5.74, 6) is 0. The molecule has 0 unspecified atom stereocenters. The average Bonchev–Trinajstić information content (AvgIpc) is 3.33. The van der Waals surface area contributed by atoms with Gasteiger partial charge in [-0.1, -0.05) is 53.5 Å². The van der Waals surface area contributed by atoms with Crippen molar-refractivity contribution in [1.29, 1.82) is 0 Å². The summed E-state index contributed by atoms with van der Waals surface area (Å²) in [6, 6.07) is 18.3. The SMILES string of the molecule is Cn1c(=Nc2ccc3c(c2)CCC3)n(Cc2ccc(CO)cc2)c2cc(Cl)c(Cl)cc21. The molecule has 0 radical (unpaired) electrons. The van der Waals surface area contributed by atoms with Crippen LogP contribution in [0.2, 0.25) is 10.0 Å². The molecule has 0 saturated heterocycles. The molecule has 0 saturated carbocycles. The molecule has 1 aromatic heterocycles. The van der Waals surface area contributed by atoms with Crippen LogP contribution in [0.3, 0.4) is 0 Å².